The SMILES string of the molecule is C#CC1(CN=O)OC(n2cc(C)c(=O)n(N)c2=O)C(C)C1N=O. The molecule has 1 saturated heterocycles. The fraction of sp³-hybridized carbons (Fsp3) is 0.538. The molecule has 4 unspecified atom stereocenters. The van der Waals surface area contributed by atoms with E-state index < -0.39 is 41.6 Å². The maximum Gasteiger partial charge on any atom is 0.351 e. The van der Waals surface area contributed by atoms with Crippen molar-refractivity contribution < 1.29 is 4.74 Å². The molecule has 4 atom stereocenters. The zero-order valence-electron chi connectivity index (χ0n) is 12.5. The molecule has 0 aromatic carbocycles. The van der Waals surface area contributed by atoms with Crippen LogP contribution in [0.2, 0.25) is 0 Å². The van der Waals surface area contributed by atoms with Crippen LogP contribution in [0.15, 0.2) is 26.1 Å². The topological polar surface area (TPSA) is 138 Å². The number of rotatable bonds is 4. The molecule has 0 spiro atoms. The summed E-state index contributed by atoms with van der Waals surface area (Å²) in [7, 11) is 0. The van der Waals surface area contributed by atoms with E-state index in [1.165, 1.54) is 13.1 Å². The zero-order chi connectivity index (χ0) is 17.4. The van der Waals surface area contributed by atoms with Crippen LogP contribution in [0.25, 0.3) is 0 Å². The van der Waals surface area contributed by atoms with Gasteiger partial charge in [-0.25, -0.2) is 4.79 Å². The van der Waals surface area contributed by atoms with Gasteiger partial charge in [-0.3, -0.25) is 9.36 Å². The van der Waals surface area contributed by atoms with E-state index in [1.54, 1.807) is 6.92 Å². The van der Waals surface area contributed by atoms with E-state index in [1.807, 2.05) is 0 Å². The van der Waals surface area contributed by atoms with Crippen molar-refractivity contribution in [3.05, 3.63) is 42.4 Å². The Bertz CT molecular complexity index is 806. The molecule has 1 aliphatic rings. The Morgan fingerprint density at radius 2 is 2.13 bits per heavy atom. The van der Waals surface area contributed by atoms with E-state index in [9.17, 15) is 19.4 Å². The van der Waals surface area contributed by atoms with Crippen molar-refractivity contribution in [2.75, 3.05) is 12.4 Å². The molecule has 1 aliphatic heterocycles. The lowest BCUT2D eigenvalue weighted by molar-refractivity contribution is -0.0456. The second-order valence-corrected chi connectivity index (χ2v) is 5.42. The molecule has 10 heteroatoms. The molecule has 0 amide bonds. The Balaban J connectivity index is 2.61. The minimum absolute atomic E-state index is 0.199. The highest BCUT2D eigenvalue weighted by molar-refractivity contribution is 5.21. The molecule has 0 aliphatic carbocycles. The maximum atomic E-state index is 12.2. The number of aryl methyl sites for hydroxylation is 1. The quantitative estimate of drug-likeness (QED) is 0.449. The third-order valence-electron chi connectivity index (χ3n) is 4.00. The molecule has 1 aromatic rings. The first-order valence-electron chi connectivity index (χ1n) is 6.70. The second-order valence-electron chi connectivity index (χ2n) is 5.42. The van der Waals surface area contributed by atoms with E-state index in [0.29, 0.717) is 4.68 Å². The largest absolute Gasteiger partial charge is 0.351 e. The van der Waals surface area contributed by atoms with Crippen molar-refractivity contribution in [1.82, 2.24) is 9.24 Å². The highest BCUT2D eigenvalue weighted by atomic mass is 16.5. The normalized spacial score (nSPS) is 29.9. The molecular formula is C13H15N5O5. The minimum atomic E-state index is -1.64. The Hall–Kier alpha value is -2.80. The molecule has 10 nitrogen and oxygen atoms in total. The van der Waals surface area contributed by atoms with Crippen LogP contribution in [0.1, 0.15) is 18.7 Å². The monoisotopic (exact) mass is 321 g/mol. The first-order chi connectivity index (χ1) is 10.8. The molecule has 0 bridgehead atoms. The van der Waals surface area contributed by atoms with Gasteiger partial charge >= 0.3 is 5.69 Å². The fourth-order valence-corrected chi connectivity index (χ4v) is 2.76. The van der Waals surface area contributed by atoms with E-state index >= 15 is 0 Å². The van der Waals surface area contributed by atoms with E-state index in [0.717, 1.165) is 4.57 Å². The summed E-state index contributed by atoms with van der Waals surface area (Å²) in [6.45, 7) is 2.57. The smallest absolute Gasteiger partial charge is 0.334 e. The summed E-state index contributed by atoms with van der Waals surface area (Å²) in [5, 5.41) is 5.66. The lowest BCUT2D eigenvalue weighted by Crippen LogP contribution is -2.47. The number of aromatic nitrogens is 2. The van der Waals surface area contributed by atoms with Gasteiger partial charge in [-0.2, -0.15) is 14.5 Å². The first kappa shape index (κ1) is 16.6. The first-order valence-corrected chi connectivity index (χ1v) is 6.70. The molecule has 122 valence electrons. The summed E-state index contributed by atoms with van der Waals surface area (Å²) >= 11 is 0. The molecule has 0 saturated carbocycles. The van der Waals surface area contributed by atoms with Crippen molar-refractivity contribution in [3.8, 4) is 12.3 Å². The Morgan fingerprint density at radius 1 is 1.48 bits per heavy atom. The standard InChI is InChI=1S/C13H15N5O5/c1-4-13(6-15-21)9(16-22)8(3)11(23-13)17-5-7(2)10(19)18(14)12(17)20/h1,5,8-9,11H,6,14H2,2-3H3. The van der Waals surface area contributed by atoms with Crippen molar-refractivity contribution >= 4 is 0 Å². The van der Waals surface area contributed by atoms with Crippen LogP contribution < -0.4 is 17.1 Å². The predicted octanol–water partition coefficient (Wildman–Crippen LogP) is -0.529. The predicted molar refractivity (Wildman–Crippen MR) is 80.9 cm³/mol. The summed E-state index contributed by atoms with van der Waals surface area (Å²) < 4.78 is 7.13. The second kappa shape index (κ2) is 5.77. The van der Waals surface area contributed by atoms with Gasteiger partial charge in [0.2, 0.25) is 0 Å². The summed E-state index contributed by atoms with van der Waals surface area (Å²) in [6.07, 6.45) is 5.65. The van der Waals surface area contributed by atoms with Gasteiger partial charge in [0.25, 0.3) is 5.56 Å². The molecule has 2 N–H and O–H groups in total. The molecule has 1 aromatic heterocycles. The van der Waals surface area contributed by atoms with E-state index in [2.05, 4.69) is 16.3 Å². The van der Waals surface area contributed by atoms with Crippen LogP contribution >= 0.6 is 0 Å². The number of ether oxygens (including phenoxy) is 1. The highest BCUT2D eigenvalue weighted by Crippen LogP contribution is 2.42. The van der Waals surface area contributed by atoms with Crippen LogP contribution in [0, 0.1) is 35.0 Å². The van der Waals surface area contributed by atoms with E-state index in [4.69, 9.17) is 17.0 Å². The number of hydrogen-bond donors (Lipinski definition) is 1. The van der Waals surface area contributed by atoms with Crippen molar-refractivity contribution in [3.63, 3.8) is 0 Å². The third-order valence-corrected chi connectivity index (χ3v) is 4.00. The lowest BCUT2D eigenvalue weighted by atomic mass is 9.89. The lowest BCUT2D eigenvalue weighted by Gasteiger charge is -2.22. The Morgan fingerprint density at radius 3 is 2.65 bits per heavy atom. The zero-order valence-corrected chi connectivity index (χ0v) is 12.5. The van der Waals surface area contributed by atoms with Crippen molar-refractivity contribution in [2.45, 2.75) is 31.7 Å². The molecule has 23 heavy (non-hydrogen) atoms. The number of nitroso groups, excluding NO2 is 2. The van der Waals surface area contributed by atoms with Crippen LogP contribution in [0.5, 0.6) is 0 Å². The minimum Gasteiger partial charge on any atom is -0.334 e. The van der Waals surface area contributed by atoms with Crippen LogP contribution in [-0.4, -0.2) is 27.4 Å². The van der Waals surface area contributed by atoms with Crippen molar-refractivity contribution in [2.24, 2.45) is 16.3 Å². The molecule has 1 fully saturated rings. The number of hydrogen-bond acceptors (Lipinski definition) is 8. The number of nitrogens with two attached hydrogens (primary N) is 1. The Labute approximate surface area is 130 Å². The van der Waals surface area contributed by atoms with Gasteiger partial charge in [0, 0.05) is 17.7 Å². The molecular weight excluding hydrogens is 306 g/mol. The maximum absolute atomic E-state index is 12.2. The summed E-state index contributed by atoms with van der Waals surface area (Å²) in [6, 6.07) is -1.08. The number of nitrogens with zero attached hydrogens (tertiary/aromatic N) is 4. The van der Waals surface area contributed by atoms with Crippen LogP contribution in [0.4, 0.5) is 0 Å². The molecule has 0 radical (unpaired) electrons. The van der Waals surface area contributed by atoms with Gasteiger partial charge < -0.3 is 10.6 Å². The number of nitrogen functional groups attached to an aromatic ring is 1. The molecule has 2 rings (SSSR count). The van der Waals surface area contributed by atoms with Crippen molar-refractivity contribution in [1.29, 1.82) is 0 Å². The summed E-state index contributed by atoms with van der Waals surface area (Å²) in [5.74, 6) is 7.05. The van der Waals surface area contributed by atoms with Crippen LogP contribution in [-0.2, 0) is 4.74 Å². The summed E-state index contributed by atoms with van der Waals surface area (Å²) in [5.41, 5.74) is -2.94. The van der Waals surface area contributed by atoms with Crippen LogP contribution in [0.3, 0.4) is 0 Å². The average Bonchev–Trinajstić information content (AvgIpc) is 2.81. The fourth-order valence-electron chi connectivity index (χ4n) is 2.76. The van der Waals surface area contributed by atoms with Gasteiger partial charge in [-0.05, 0) is 6.92 Å². The van der Waals surface area contributed by atoms with Gasteiger partial charge in [0.15, 0.2) is 5.60 Å². The van der Waals surface area contributed by atoms with E-state index in [-0.39, 0.29) is 5.56 Å². The molecule has 2 heterocycles. The highest BCUT2D eigenvalue weighted by Gasteiger charge is 2.55. The summed E-state index contributed by atoms with van der Waals surface area (Å²) in [4.78, 5) is 45.7. The third kappa shape index (κ3) is 2.35. The van der Waals surface area contributed by atoms with Gasteiger partial charge in [-0.1, -0.05) is 23.2 Å². The van der Waals surface area contributed by atoms with Gasteiger partial charge in [0.1, 0.15) is 18.8 Å². The Kier molecular flexibility index (Phi) is 4.16. The van der Waals surface area contributed by atoms with Gasteiger partial charge in [0.05, 0.1) is 0 Å². The van der Waals surface area contributed by atoms with Gasteiger partial charge in [-0.15, -0.1) is 6.42 Å². The average molecular weight is 321 g/mol. The number of terminal acetylenes is 1.